The van der Waals surface area contributed by atoms with Crippen LogP contribution in [0.1, 0.15) is 0 Å². The van der Waals surface area contributed by atoms with E-state index in [1.807, 2.05) is 24.3 Å². The molecule has 0 aliphatic heterocycles. The van der Waals surface area contributed by atoms with Crippen LogP contribution in [-0.4, -0.2) is 13.2 Å². The van der Waals surface area contributed by atoms with E-state index in [0.717, 1.165) is 10.8 Å². The third-order valence-corrected chi connectivity index (χ3v) is 3.16. The van der Waals surface area contributed by atoms with Crippen molar-refractivity contribution >= 4 is 32.8 Å². The van der Waals surface area contributed by atoms with E-state index >= 15 is 0 Å². The number of primary amides is 1. The van der Waals surface area contributed by atoms with Gasteiger partial charge in [0, 0.05) is 16.8 Å². The molecule has 2 N–H and O–H groups in total. The van der Waals surface area contributed by atoms with Crippen molar-refractivity contribution in [2.75, 3.05) is 7.11 Å². The number of benzene rings is 2. The molecule has 0 aliphatic carbocycles. The van der Waals surface area contributed by atoms with Crippen LogP contribution >= 0.6 is 15.9 Å². The highest BCUT2D eigenvalue weighted by Crippen LogP contribution is 2.39. The first kappa shape index (κ1) is 11.7. The quantitative estimate of drug-likeness (QED) is 0.926. The first-order chi connectivity index (χ1) is 8.13. The van der Waals surface area contributed by atoms with Crippen LogP contribution in [0.3, 0.4) is 0 Å². The summed E-state index contributed by atoms with van der Waals surface area (Å²) < 4.78 is 10.8. The summed E-state index contributed by atoms with van der Waals surface area (Å²) in [5, 5.41) is 1.82. The average molecular weight is 296 g/mol. The van der Waals surface area contributed by atoms with Crippen molar-refractivity contribution in [2.24, 2.45) is 5.73 Å². The second-order valence-electron chi connectivity index (χ2n) is 3.36. The molecule has 0 atom stereocenters. The highest BCUT2D eigenvalue weighted by molar-refractivity contribution is 9.10. The molecule has 2 rings (SSSR count). The van der Waals surface area contributed by atoms with Crippen LogP contribution in [0.2, 0.25) is 0 Å². The Morgan fingerprint density at radius 3 is 2.47 bits per heavy atom. The minimum atomic E-state index is -0.858. The van der Waals surface area contributed by atoms with E-state index in [9.17, 15) is 4.79 Å². The molecule has 0 bridgehead atoms. The number of nitrogens with two attached hydrogens (primary N) is 1. The van der Waals surface area contributed by atoms with Gasteiger partial charge in [-0.25, -0.2) is 4.79 Å². The fourth-order valence-electron chi connectivity index (χ4n) is 1.63. The number of rotatable bonds is 2. The van der Waals surface area contributed by atoms with Crippen LogP contribution in [0, 0.1) is 0 Å². The Morgan fingerprint density at radius 2 is 1.88 bits per heavy atom. The van der Waals surface area contributed by atoms with E-state index in [0.29, 0.717) is 16.0 Å². The summed E-state index contributed by atoms with van der Waals surface area (Å²) in [4.78, 5) is 10.8. The molecule has 4 nitrogen and oxygen atoms in total. The predicted octanol–water partition coefficient (Wildman–Crippen LogP) is 3.07. The van der Waals surface area contributed by atoms with Crippen LogP contribution in [0.4, 0.5) is 4.79 Å². The summed E-state index contributed by atoms with van der Waals surface area (Å²) in [7, 11) is 1.56. The third kappa shape index (κ3) is 2.19. The molecule has 0 saturated carbocycles. The van der Waals surface area contributed by atoms with Gasteiger partial charge < -0.3 is 15.2 Å². The topological polar surface area (TPSA) is 61.6 Å². The fraction of sp³-hybridized carbons (Fsp3) is 0.0833. The Kier molecular flexibility index (Phi) is 3.19. The molecule has 0 unspecified atom stereocenters. The number of hydrogen-bond donors (Lipinski definition) is 1. The van der Waals surface area contributed by atoms with Gasteiger partial charge >= 0.3 is 6.09 Å². The maximum atomic E-state index is 10.8. The summed E-state index contributed by atoms with van der Waals surface area (Å²) in [5.41, 5.74) is 5.01. The lowest BCUT2D eigenvalue weighted by Gasteiger charge is -2.11. The lowest BCUT2D eigenvalue weighted by Crippen LogP contribution is -2.16. The van der Waals surface area contributed by atoms with Gasteiger partial charge in [0.05, 0.1) is 11.6 Å². The van der Waals surface area contributed by atoms with Crippen LogP contribution in [0.25, 0.3) is 10.8 Å². The summed E-state index contributed by atoms with van der Waals surface area (Å²) in [6, 6.07) is 9.24. The normalized spacial score (nSPS) is 10.2. The van der Waals surface area contributed by atoms with Crippen LogP contribution in [0.15, 0.2) is 34.8 Å². The molecule has 5 heteroatoms. The number of carbonyl (C=O) groups is 1. The number of fused-ring (bicyclic) bond motifs is 1. The molecule has 0 radical (unpaired) electrons. The van der Waals surface area contributed by atoms with Gasteiger partial charge in [0.15, 0.2) is 5.75 Å². The highest BCUT2D eigenvalue weighted by atomic mass is 79.9. The molecule has 0 aliphatic rings. The summed E-state index contributed by atoms with van der Waals surface area (Å²) in [5.74, 6) is 0.966. The Hall–Kier alpha value is -1.75. The van der Waals surface area contributed by atoms with Gasteiger partial charge in [-0.2, -0.15) is 0 Å². The van der Waals surface area contributed by atoms with Crippen LogP contribution in [-0.2, 0) is 0 Å². The molecule has 2 aromatic rings. The van der Waals surface area contributed by atoms with Crippen LogP contribution in [0.5, 0.6) is 11.5 Å². The molecule has 17 heavy (non-hydrogen) atoms. The average Bonchev–Trinajstić information content (AvgIpc) is 2.32. The maximum Gasteiger partial charge on any atom is 0.410 e. The standard InChI is InChI=1S/C12H10BrNO3/c1-16-9-6-10(17-12(14)15)11(13)8-5-3-2-4-7(8)9/h2-6H,1H3,(H2,14,15). The smallest absolute Gasteiger partial charge is 0.410 e. The van der Waals surface area contributed by atoms with E-state index in [1.165, 1.54) is 0 Å². The first-order valence-electron chi connectivity index (χ1n) is 4.86. The van der Waals surface area contributed by atoms with Crippen molar-refractivity contribution in [1.82, 2.24) is 0 Å². The molecular formula is C12H10BrNO3. The van der Waals surface area contributed by atoms with Gasteiger partial charge in [-0.15, -0.1) is 0 Å². The van der Waals surface area contributed by atoms with Gasteiger partial charge in [-0.3, -0.25) is 0 Å². The summed E-state index contributed by atoms with van der Waals surface area (Å²) in [6.07, 6.45) is -0.858. The molecule has 1 amide bonds. The molecule has 88 valence electrons. The maximum absolute atomic E-state index is 10.8. The van der Waals surface area contributed by atoms with Crippen LogP contribution < -0.4 is 15.2 Å². The number of halogens is 1. The molecular weight excluding hydrogens is 286 g/mol. The molecule has 0 saturated heterocycles. The minimum absolute atomic E-state index is 0.341. The molecule has 0 heterocycles. The lowest BCUT2D eigenvalue weighted by molar-refractivity contribution is 0.210. The second-order valence-corrected chi connectivity index (χ2v) is 4.15. The van der Waals surface area contributed by atoms with Crippen molar-refractivity contribution < 1.29 is 14.3 Å². The summed E-state index contributed by atoms with van der Waals surface area (Å²) in [6.45, 7) is 0. The summed E-state index contributed by atoms with van der Waals surface area (Å²) >= 11 is 3.39. The largest absolute Gasteiger partial charge is 0.496 e. The molecule has 0 aromatic heterocycles. The number of ether oxygens (including phenoxy) is 2. The van der Waals surface area contributed by atoms with Crippen molar-refractivity contribution in [3.63, 3.8) is 0 Å². The zero-order valence-electron chi connectivity index (χ0n) is 9.07. The van der Waals surface area contributed by atoms with E-state index < -0.39 is 6.09 Å². The Balaban J connectivity index is 2.71. The third-order valence-electron chi connectivity index (χ3n) is 2.34. The van der Waals surface area contributed by atoms with Gasteiger partial charge in [0.1, 0.15) is 5.75 Å². The highest BCUT2D eigenvalue weighted by Gasteiger charge is 2.13. The molecule has 2 aromatic carbocycles. The fourth-order valence-corrected chi connectivity index (χ4v) is 2.17. The number of hydrogen-bond acceptors (Lipinski definition) is 3. The van der Waals surface area contributed by atoms with E-state index in [-0.39, 0.29) is 0 Å². The van der Waals surface area contributed by atoms with Gasteiger partial charge in [-0.05, 0) is 15.9 Å². The van der Waals surface area contributed by atoms with Crippen molar-refractivity contribution in [3.8, 4) is 11.5 Å². The zero-order valence-corrected chi connectivity index (χ0v) is 10.7. The Bertz CT molecular complexity index is 583. The Morgan fingerprint density at radius 1 is 1.24 bits per heavy atom. The van der Waals surface area contributed by atoms with E-state index in [1.54, 1.807) is 13.2 Å². The number of methoxy groups -OCH3 is 1. The molecule has 0 fully saturated rings. The zero-order chi connectivity index (χ0) is 12.4. The van der Waals surface area contributed by atoms with Gasteiger partial charge in [0.25, 0.3) is 0 Å². The first-order valence-corrected chi connectivity index (χ1v) is 5.65. The van der Waals surface area contributed by atoms with E-state index in [4.69, 9.17) is 15.2 Å². The Labute approximate surface area is 106 Å². The lowest BCUT2D eigenvalue weighted by atomic mass is 10.1. The minimum Gasteiger partial charge on any atom is -0.496 e. The van der Waals surface area contributed by atoms with Crippen molar-refractivity contribution in [1.29, 1.82) is 0 Å². The van der Waals surface area contributed by atoms with Gasteiger partial charge in [-0.1, -0.05) is 24.3 Å². The SMILES string of the molecule is COc1cc(OC(N)=O)c(Br)c2ccccc12. The van der Waals surface area contributed by atoms with Crippen molar-refractivity contribution in [2.45, 2.75) is 0 Å². The predicted molar refractivity (Wildman–Crippen MR) is 68.4 cm³/mol. The number of carbonyl (C=O) groups excluding carboxylic acids is 1. The second kappa shape index (κ2) is 4.63. The van der Waals surface area contributed by atoms with Crippen molar-refractivity contribution in [3.05, 3.63) is 34.8 Å². The molecule has 0 spiro atoms. The van der Waals surface area contributed by atoms with Gasteiger partial charge in [0.2, 0.25) is 0 Å². The monoisotopic (exact) mass is 295 g/mol. The number of amides is 1. The van der Waals surface area contributed by atoms with E-state index in [2.05, 4.69) is 15.9 Å².